The molecule has 2 heterocycles. The van der Waals surface area contributed by atoms with Crippen LogP contribution in [-0.4, -0.2) is 40.0 Å². The number of carbonyl (C=O) groups is 3. The second kappa shape index (κ2) is 6.47. The number of amides is 2. The number of nitrogens with one attached hydrogen (secondary N) is 1. The average Bonchev–Trinajstić information content (AvgIpc) is 2.59. The van der Waals surface area contributed by atoms with Crippen molar-refractivity contribution in [3.05, 3.63) is 48.2 Å². The Balaban J connectivity index is 1.89. The number of fused-ring (bicyclic) bond motifs is 1. The number of benzene rings is 1. The molecule has 0 saturated carbocycles. The second-order valence-corrected chi connectivity index (χ2v) is 6.25. The Morgan fingerprint density at radius 3 is 2.69 bits per heavy atom. The Morgan fingerprint density at radius 1 is 1.27 bits per heavy atom. The Morgan fingerprint density at radius 2 is 2.04 bits per heavy atom. The number of carbonyl (C=O) groups excluding carboxylic acids is 2. The summed E-state index contributed by atoms with van der Waals surface area (Å²) >= 11 is 0. The van der Waals surface area contributed by atoms with Gasteiger partial charge in [0.25, 0.3) is 5.91 Å². The lowest BCUT2D eigenvalue weighted by Crippen LogP contribution is -2.54. The van der Waals surface area contributed by atoms with Gasteiger partial charge in [-0.05, 0) is 44.2 Å². The molecule has 1 aliphatic rings. The molecule has 0 radical (unpaired) electrons. The maximum atomic E-state index is 12.7. The van der Waals surface area contributed by atoms with Crippen molar-refractivity contribution in [2.45, 2.75) is 19.4 Å². The highest BCUT2D eigenvalue weighted by Gasteiger charge is 2.41. The Bertz CT molecular complexity index is 880. The summed E-state index contributed by atoms with van der Waals surface area (Å²) in [5.41, 5.74) is -0.850. The van der Waals surface area contributed by atoms with Gasteiger partial charge in [0.2, 0.25) is 5.91 Å². The average molecular weight is 355 g/mol. The van der Waals surface area contributed by atoms with Crippen LogP contribution in [-0.2, 0) is 9.59 Å². The number of rotatable bonds is 4. The zero-order valence-electron chi connectivity index (χ0n) is 14.2. The minimum absolute atomic E-state index is 0.0341. The van der Waals surface area contributed by atoms with Crippen LogP contribution >= 0.6 is 0 Å². The molecule has 0 atom stereocenters. The van der Waals surface area contributed by atoms with E-state index in [1.165, 1.54) is 23.1 Å². The molecule has 8 heteroatoms. The number of ether oxygens (including phenoxy) is 1. The Kier molecular flexibility index (Phi) is 4.33. The van der Waals surface area contributed by atoms with Gasteiger partial charge in [0.1, 0.15) is 18.1 Å². The lowest BCUT2D eigenvalue weighted by molar-refractivity contribution is -0.133. The summed E-state index contributed by atoms with van der Waals surface area (Å²) in [6, 6.07) is 9.25. The number of aromatic nitrogens is 1. The quantitative estimate of drug-likeness (QED) is 0.867. The minimum Gasteiger partial charge on any atom is -0.478 e. The van der Waals surface area contributed by atoms with Crippen LogP contribution in [0.5, 0.6) is 5.75 Å². The number of carboxylic acid groups (broad SMARTS) is 1. The van der Waals surface area contributed by atoms with E-state index < -0.39 is 23.4 Å². The van der Waals surface area contributed by atoms with Crippen molar-refractivity contribution in [2.75, 3.05) is 16.8 Å². The van der Waals surface area contributed by atoms with Crippen molar-refractivity contribution in [2.24, 2.45) is 0 Å². The molecule has 2 aromatic rings. The fraction of sp³-hybridized carbons (Fsp3) is 0.222. The number of nitrogens with zero attached hydrogens (tertiary/aromatic N) is 2. The van der Waals surface area contributed by atoms with Gasteiger partial charge in [-0.25, -0.2) is 9.78 Å². The number of hydrogen-bond donors (Lipinski definition) is 2. The zero-order chi connectivity index (χ0) is 18.9. The first-order valence-corrected chi connectivity index (χ1v) is 7.87. The maximum Gasteiger partial charge on any atom is 0.335 e. The molecule has 2 amide bonds. The summed E-state index contributed by atoms with van der Waals surface area (Å²) < 4.78 is 5.65. The monoisotopic (exact) mass is 355 g/mol. The van der Waals surface area contributed by atoms with Crippen LogP contribution in [0.4, 0.5) is 11.5 Å². The number of aromatic carboxylic acids is 1. The standard InChI is InChI=1S/C18H17N3O5/c1-18(2)17(25)21(10-15(22)20-14-5-3-4-8-19-14)12-7-6-11(16(23)24)9-13(12)26-18/h3-9H,10H2,1-2H3,(H,23,24)(H,19,20,22). The summed E-state index contributed by atoms with van der Waals surface area (Å²) in [7, 11) is 0. The molecule has 2 N–H and O–H groups in total. The third-order valence-corrected chi connectivity index (χ3v) is 3.86. The molecule has 134 valence electrons. The van der Waals surface area contributed by atoms with Crippen LogP contribution in [0.2, 0.25) is 0 Å². The van der Waals surface area contributed by atoms with Gasteiger partial charge in [-0.15, -0.1) is 0 Å². The predicted octanol–water partition coefficient (Wildman–Crippen LogP) is 1.92. The molecule has 8 nitrogen and oxygen atoms in total. The third kappa shape index (κ3) is 3.34. The summed E-state index contributed by atoms with van der Waals surface area (Å²) in [6.07, 6.45) is 1.54. The van der Waals surface area contributed by atoms with E-state index in [2.05, 4.69) is 10.3 Å². The molecule has 0 fully saturated rings. The highest BCUT2D eigenvalue weighted by atomic mass is 16.5. The van der Waals surface area contributed by atoms with Crippen LogP contribution in [0, 0.1) is 0 Å². The summed E-state index contributed by atoms with van der Waals surface area (Å²) in [4.78, 5) is 41.5. The molecule has 1 aromatic heterocycles. The molecule has 26 heavy (non-hydrogen) atoms. The Hall–Kier alpha value is -3.42. The fourth-order valence-electron chi connectivity index (χ4n) is 2.62. The molecular formula is C18H17N3O5. The topological polar surface area (TPSA) is 109 Å². The first-order valence-electron chi connectivity index (χ1n) is 7.87. The van der Waals surface area contributed by atoms with Gasteiger partial charge >= 0.3 is 5.97 Å². The van der Waals surface area contributed by atoms with Crippen LogP contribution in [0.25, 0.3) is 0 Å². The van der Waals surface area contributed by atoms with Crippen molar-refractivity contribution < 1.29 is 24.2 Å². The van der Waals surface area contributed by atoms with E-state index in [-0.39, 0.29) is 17.9 Å². The largest absolute Gasteiger partial charge is 0.478 e. The van der Waals surface area contributed by atoms with Gasteiger partial charge in [0.15, 0.2) is 5.60 Å². The van der Waals surface area contributed by atoms with Gasteiger partial charge < -0.3 is 15.2 Å². The predicted molar refractivity (Wildman–Crippen MR) is 93.3 cm³/mol. The second-order valence-electron chi connectivity index (χ2n) is 6.25. The molecule has 1 aromatic carbocycles. The van der Waals surface area contributed by atoms with Crippen LogP contribution < -0.4 is 15.0 Å². The smallest absolute Gasteiger partial charge is 0.335 e. The highest BCUT2D eigenvalue weighted by molar-refractivity contribution is 6.08. The van der Waals surface area contributed by atoms with Crippen molar-refractivity contribution >= 4 is 29.3 Å². The van der Waals surface area contributed by atoms with Gasteiger partial charge in [0, 0.05) is 6.20 Å². The van der Waals surface area contributed by atoms with E-state index in [0.29, 0.717) is 11.5 Å². The van der Waals surface area contributed by atoms with E-state index in [1.54, 1.807) is 38.2 Å². The summed E-state index contributed by atoms with van der Waals surface area (Å²) in [5.74, 6) is -1.32. The van der Waals surface area contributed by atoms with Gasteiger partial charge in [-0.1, -0.05) is 6.07 Å². The number of carboxylic acids is 1. The van der Waals surface area contributed by atoms with Crippen molar-refractivity contribution in [3.8, 4) is 5.75 Å². The van der Waals surface area contributed by atoms with E-state index in [0.717, 1.165) is 0 Å². The van der Waals surface area contributed by atoms with Crippen molar-refractivity contribution in [1.82, 2.24) is 4.98 Å². The van der Waals surface area contributed by atoms with Gasteiger partial charge in [0.05, 0.1) is 11.3 Å². The molecule has 0 saturated heterocycles. The highest BCUT2D eigenvalue weighted by Crippen LogP contribution is 2.38. The molecular weight excluding hydrogens is 338 g/mol. The van der Waals surface area contributed by atoms with Crippen LogP contribution in [0.1, 0.15) is 24.2 Å². The SMILES string of the molecule is CC1(C)Oc2cc(C(=O)O)ccc2N(CC(=O)Nc2ccccn2)C1=O. The van der Waals surface area contributed by atoms with Crippen molar-refractivity contribution in [3.63, 3.8) is 0 Å². The van der Waals surface area contributed by atoms with Crippen LogP contribution in [0.15, 0.2) is 42.6 Å². The summed E-state index contributed by atoms with van der Waals surface area (Å²) in [5, 5.41) is 11.8. The van der Waals surface area contributed by atoms with E-state index in [1.807, 2.05) is 0 Å². The normalized spacial score (nSPS) is 15.0. The van der Waals surface area contributed by atoms with E-state index in [9.17, 15) is 14.4 Å². The molecule has 0 aliphatic carbocycles. The third-order valence-electron chi connectivity index (χ3n) is 3.86. The summed E-state index contributed by atoms with van der Waals surface area (Å²) in [6.45, 7) is 2.88. The van der Waals surface area contributed by atoms with Gasteiger partial charge in [-0.2, -0.15) is 0 Å². The molecule has 1 aliphatic heterocycles. The minimum atomic E-state index is -1.23. The van der Waals surface area contributed by atoms with Gasteiger partial charge in [-0.3, -0.25) is 14.5 Å². The molecule has 0 bridgehead atoms. The van der Waals surface area contributed by atoms with E-state index >= 15 is 0 Å². The first kappa shape index (κ1) is 17.4. The maximum absolute atomic E-state index is 12.7. The zero-order valence-corrected chi connectivity index (χ0v) is 14.2. The number of pyridine rings is 1. The number of hydrogen-bond acceptors (Lipinski definition) is 5. The lowest BCUT2D eigenvalue weighted by Gasteiger charge is -2.38. The first-order chi connectivity index (χ1) is 12.3. The number of anilines is 2. The van der Waals surface area contributed by atoms with E-state index in [4.69, 9.17) is 9.84 Å². The van der Waals surface area contributed by atoms with Crippen molar-refractivity contribution in [1.29, 1.82) is 0 Å². The fourth-order valence-corrected chi connectivity index (χ4v) is 2.62. The van der Waals surface area contributed by atoms with Crippen LogP contribution in [0.3, 0.4) is 0 Å². The molecule has 3 rings (SSSR count). The molecule has 0 unspecified atom stereocenters. The lowest BCUT2D eigenvalue weighted by atomic mass is 10.0. The Labute approximate surface area is 149 Å². The molecule has 0 spiro atoms.